The van der Waals surface area contributed by atoms with E-state index in [1.807, 2.05) is 38.1 Å². The molecule has 0 bridgehead atoms. The van der Waals surface area contributed by atoms with Gasteiger partial charge in [0.1, 0.15) is 5.82 Å². The van der Waals surface area contributed by atoms with Crippen molar-refractivity contribution in [2.24, 2.45) is 0 Å². The molecule has 5 heteroatoms. The first-order chi connectivity index (χ1) is 9.79. The highest BCUT2D eigenvalue weighted by Gasteiger charge is 2.31. The molecule has 0 fully saturated rings. The minimum Gasteiger partial charge on any atom is -0.376 e. The summed E-state index contributed by atoms with van der Waals surface area (Å²) in [4.78, 5) is 0. The number of rotatable bonds is 3. The van der Waals surface area contributed by atoms with E-state index in [-0.39, 0.29) is 11.7 Å². The van der Waals surface area contributed by atoms with E-state index in [1.54, 1.807) is 0 Å². The van der Waals surface area contributed by atoms with Crippen molar-refractivity contribution in [3.05, 3.63) is 65.0 Å². The van der Waals surface area contributed by atoms with Crippen LogP contribution in [0.25, 0.3) is 0 Å². The van der Waals surface area contributed by atoms with Crippen LogP contribution in [0.2, 0.25) is 0 Å². The second-order valence-electron chi connectivity index (χ2n) is 4.91. The van der Waals surface area contributed by atoms with Gasteiger partial charge in [0.05, 0.1) is 11.3 Å². The van der Waals surface area contributed by atoms with Crippen LogP contribution in [0.5, 0.6) is 0 Å². The van der Waals surface area contributed by atoms with Crippen LogP contribution in [-0.2, 0) is 6.18 Å². The smallest absolute Gasteiger partial charge is 0.376 e. The molecule has 112 valence electrons. The quantitative estimate of drug-likeness (QED) is 0.755. The molecule has 0 radical (unpaired) electrons. The molecule has 1 N–H and O–H groups in total. The highest BCUT2D eigenvalue weighted by atomic mass is 19.4. The summed E-state index contributed by atoms with van der Waals surface area (Å²) in [5.74, 6) is -0.912. The first-order valence-electron chi connectivity index (χ1n) is 6.48. The highest BCUT2D eigenvalue weighted by Crippen LogP contribution is 2.32. The monoisotopic (exact) mass is 297 g/mol. The van der Waals surface area contributed by atoms with Gasteiger partial charge in [0.15, 0.2) is 0 Å². The number of benzene rings is 2. The van der Waals surface area contributed by atoms with Gasteiger partial charge in [0, 0.05) is 6.04 Å². The van der Waals surface area contributed by atoms with E-state index in [0.717, 1.165) is 23.3 Å². The fourth-order valence-electron chi connectivity index (χ4n) is 2.19. The third kappa shape index (κ3) is 3.54. The minimum absolute atomic E-state index is 0.0544. The summed E-state index contributed by atoms with van der Waals surface area (Å²) in [6.45, 7) is 3.76. The van der Waals surface area contributed by atoms with Gasteiger partial charge in [0.25, 0.3) is 0 Å². The van der Waals surface area contributed by atoms with Crippen LogP contribution in [0.3, 0.4) is 0 Å². The van der Waals surface area contributed by atoms with Gasteiger partial charge < -0.3 is 5.32 Å². The molecular weight excluding hydrogens is 282 g/mol. The van der Waals surface area contributed by atoms with Crippen molar-refractivity contribution in [3.63, 3.8) is 0 Å². The molecule has 2 aromatic carbocycles. The number of hydrogen-bond acceptors (Lipinski definition) is 1. The van der Waals surface area contributed by atoms with E-state index in [2.05, 4.69) is 5.32 Å². The summed E-state index contributed by atoms with van der Waals surface area (Å²) in [5.41, 5.74) is 1.06. The number of nitrogens with one attached hydrogen (secondary N) is 1. The average Bonchev–Trinajstić information content (AvgIpc) is 2.40. The summed E-state index contributed by atoms with van der Waals surface area (Å²) < 4.78 is 51.3. The van der Waals surface area contributed by atoms with Crippen LogP contribution < -0.4 is 5.32 Å². The topological polar surface area (TPSA) is 12.0 Å². The number of aryl methyl sites for hydroxylation is 1. The molecule has 0 aliphatic heterocycles. The third-order valence-electron chi connectivity index (χ3n) is 3.32. The Morgan fingerprint density at radius 1 is 1.05 bits per heavy atom. The number of anilines is 1. The van der Waals surface area contributed by atoms with Gasteiger partial charge in [-0.3, -0.25) is 0 Å². The molecule has 0 spiro atoms. The van der Waals surface area contributed by atoms with Crippen LogP contribution >= 0.6 is 0 Å². The Morgan fingerprint density at radius 2 is 1.71 bits per heavy atom. The first kappa shape index (κ1) is 15.4. The van der Waals surface area contributed by atoms with Crippen molar-refractivity contribution in [1.82, 2.24) is 0 Å². The molecule has 0 aliphatic carbocycles. The summed E-state index contributed by atoms with van der Waals surface area (Å²) in [6, 6.07) is 9.87. The van der Waals surface area contributed by atoms with Crippen molar-refractivity contribution in [3.8, 4) is 0 Å². The molecule has 21 heavy (non-hydrogen) atoms. The predicted molar refractivity (Wildman–Crippen MR) is 74.6 cm³/mol. The van der Waals surface area contributed by atoms with E-state index in [9.17, 15) is 17.6 Å². The van der Waals surface area contributed by atoms with Crippen molar-refractivity contribution in [1.29, 1.82) is 0 Å². The molecule has 0 amide bonds. The highest BCUT2D eigenvalue weighted by molar-refractivity contribution is 5.49. The lowest BCUT2D eigenvalue weighted by atomic mass is 10.0. The number of alkyl halides is 3. The Labute approximate surface area is 120 Å². The standard InChI is InChI=1S/C16H15F4N/c1-10-5-3-4-6-13(10)11(2)21-15-8-7-12(9-14(15)17)16(18,19)20/h3-9,11,21H,1-2H3. The molecule has 0 saturated heterocycles. The van der Waals surface area contributed by atoms with Crippen LogP contribution in [0.1, 0.15) is 29.7 Å². The van der Waals surface area contributed by atoms with Crippen molar-refractivity contribution in [2.45, 2.75) is 26.1 Å². The molecule has 1 unspecified atom stereocenters. The van der Waals surface area contributed by atoms with E-state index in [4.69, 9.17) is 0 Å². The van der Waals surface area contributed by atoms with Gasteiger partial charge >= 0.3 is 6.18 Å². The fourth-order valence-corrected chi connectivity index (χ4v) is 2.19. The maximum absolute atomic E-state index is 13.8. The molecule has 2 rings (SSSR count). The molecule has 0 aliphatic rings. The summed E-state index contributed by atoms with van der Waals surface area (Å²) in [5, 5.41) is 2.90. The Balaban J connectivity index is 2.23. The second kappa shape index (κ2) is 5.76. The lowest BCUT2D eigenvalue weighted by Crippen LogP contribution is -2.11. The molecule has 1 nitrogen and oxygen atoms in total. The lowest BCUT2D eigenvalue weighted by molar-refractivity contribution is -0.137. The molecule has 0 heterocycles. The average molecular weight is 297 g/mol. The van der Waals surface area contributed by atoms with Gasteiger partial charge in [-0.05, 0) is 43.2 Å². The molecule has 0 aromatic heterocycles. The second-order valence-corrected chi connectivity index (χ2v) is 4.91. The van der Waals surface area contributed by atoms with Gasteiger partial charge in [-0.2, -0.15) is 13.2 Å². The summed E-state index contributed by atoms with van der Waals surface area (Å²) in [7, 11) is 0. The lowest BCUT2D eigenvalue weighted by Gasteiger charge is -2.19. The zero-order valence-electron chi connectivity index (χ0n) is 11.6. The molecule has 1 atom stereocenters. The first-order valence-corrected chi connectivity index (χ1v) is 6.48. The minimum atomic E-state index is -4.54. The van der Waals surface area contributed by atoms with Crippen molar-refractivity contribution in [2.75, 3.05) is 5.32 Å². The van der Waals surface area contributed by atoms with Gasteiger partial charge in [-0.25, -0.2) is 4.39 Å². The fraction of sp³-hybridized carbons (Fsp3) is 0.250. The normalized spacial score (nSPS) is 13.0. The van der Waals surface area contributed by atoms with E-state index < -0.39 is 17.6 Å². The van der Waals surface area contributed by atoms with Crippen LogP contribution in [0.15, 0.2) is 42.5 Å². The Kier molecular flexibility index (Phi) is 4.21. The maximum Gasteiger partial charge on any atom is 0.416 e. The Bertz CT molecular complexity index is 634. The largest absolute Gasteiger partial charge is 0.416 e. The van der Waals surface area contributed by atoms with Gasteiger partial charge in [-0.1, -0.05) is 24.3 Å². The molecular formula is C16H15F4N. The van der Waals surface area contributed by atoms with Gasteiger partial charge in [0.2, 0.25) is 0 Å². The van der Waals surface area contributed by atoms with Crippen LogP contribution in [0, 0.1) is 12.7 Å². The summed E-state index contributed by atoms with van der Waals surface area (Å²) >= 11 is 0. The van der Waals surface area contributed by atoms with E-state index in [1.165, 1.54) is 0 Å². The maximum atomic E-state index is 13.8. The van der Waals surface area contributed by atoms with Crippen LogP contribution in [0.4, 0.5) is 23.2 Å². The van der Waals surface area contributed by atoms with Crippen molar-refractivity contribution < 1.29 is 17.6 Å². The Hall–Kier alpha value is -2.04. The number of halogens is 4. The zero-order chi connectivity index (χ0) is 15.6. The van der Waals surface area contributed by atoms with E-state index >= 15 is 0 Å². The zero-order valence-corrected chi connectivity index (χ0v) is 11.6. The van der Waals surface area contributed by atoms with E-state index in [0.29, 0.717) is 6.07 Å². The van der Waals surface area contributed by atoms with Crippen LogP contribution in [-0.4, -0.2) is 0 Å². The number of hydrogen-bond donors (Lipinski definition) is 1. The summed E-state index contributed by atoms with van der Waals surface area (Å²) in [6.07, 6.45) is -4.54. The van der Waals surface area contributed by atoms with Crippen molar-refractivity contribution >= 4 is 5.69 Å². The predicted octanol–water partition coefficient (Wildman–Crippen LogP) is 5.33. The molecule has 0 saturated carbocycles. The third-order valence-corrected chi connectivity index (χ3v) is 3.32. The Morgan fingerprint density at radius 3 is 2.29 bits per heavy atom. The van der Waals surface area contributed by atoms with Gasteiger partial charge in [-0.15, -0.1) is 0 Å². The molecule has 2 aromatic rings. The SMILES string of the molecule is Cc1ccccc1C(C)Nc1ccc(C(F)(F)F)cc1F.